The van der Waals surface area contributed by atoms with Crippen LogP contribution in [0.1, 0.15) is 53.0 Å². The third kappa shape index (κ3) is 4.62. The van der Waals surface area contributed by atoms with Crippen LogP contribution in [0.15, 0.2) is 18.2 Å². The molecule has 0 amide bonds. The Balaban J connectivity index is 2.11. The summed E-state index contributed by atoms with van der Waals surface area (Å²) in [5, 5.41) is 4.39. The fraction of sp³-hybridized carbons (Fsp3) is 0.667. The van der Waals surface area contributed by atoms with Crippen molar-refractivity contribution in [1.82, 2.24) is 5.32 Å². The molecule has 1 heterocycles. The van der Waals surface area contributed by atoms with Gasteiger partial charge in [-0.3, -0.25) is 0 Å². The number of anilines is 1. The molecule has 1 saturated heterocycles. The monoisotopic (exact) mass is 308 g/mol. The van der Waals surface area contributed by atoms with Gasteiger partial charge in [-0.15, -0.1) is 0 Å². The molecule has 0 aliphatic carbocycles. The van der Waals surface area contributed by atoms with Gasteiger partial charge in [-0.25, -0.2) is 0 Å². The van der Waals surface area contributed by atoms with Crippen LogP contribution >= 0.6 is 11.6 Å². The smallest absolute Gasteiger partial charge is 0.0642 e. The normalized spacial score (nSPS) is 23.4. The number of halogens is 1. The van der Waals surface area contributed by atoms with Crippen LogP contribution < -0.4 is 10.2 Å². The average Bonchev–Trinajstić information content (AvgIpc) is 2.39. The number of hydrogen-bond acceptors (Lipinski definition) is 2. The summed E-state index contributed by atoms with van der Waals surface area (Å²) in [4.78, 5) is 2.47. The number of benzene rings is 1. The Kier molecular flexibility index (Phi) is 5.21. The lowest BCUT2D eigenvalue weighted by molar-refractivity contribution is 0.390. The van der Waals surface area contributed by atoms with E-state index in [-0.39, 0.29) is 5.54 Å². The first-order chi connectivity index (χ1) is 9.76. The number of nitrogens with one attached hydrogen (secondary N) is 1. The zero-order valence-electron chi connectivity index (χ0n) is 14.0. The van der Waals surface area contributed by atoms with Crippen LogP contribution in [0.5, 0.6) is 0 Å². The van der Waals surface area contributed by atoms with Gasteiger partial charge in [-0.05, 0) is 64.2 Å². The zero-order chi connectivity index (χ0) is 15.6. The highest BCUT2D eigenvalue weighted by Gasteiger charge is 2.24. The Morgan fingerprint density at radius 1 is 1.24 bits per heavy atom. The summed E-state index contributed by atoms with van der Waals surface area (Å²) in [6.45, 7) is 13.1. The summed E-state index contributed by atoms with van der Waals surface area (Å²) >= 11 is 6.56. The Morgan fingerprint density at radius 2 is 1.95 bits per heavy atom. The van der Waals surface area contributed by atoms with E-state index in [0.29, 0.717) is 6.04 Å². The predicted octanol–water partition coefficient (Wildman–Crippen LogP) is 4.85. The molecule has 1 aliphatic heterocycles. The van der Waals surface area contributed by atoms with Crippen molar-refractivity contribution in [2.75, 3.05) is 11.4 Å². The Labute approximate surface area is 134 Å². The van der Waals surface area contributed by atoms with Gasteiger partial charge in [-0.2, -0.15) is 0 Å². The quantitative estimate of drug-likeness (QED) is 0.858. The van der Waals surface area contributed by atoms with Crippen LogP contribution in [0.4, 0.5) is 5.69 Å². The van der Waals surface area contributed by atoms with E-state index in [2.05, 4.69) is 63.0 Å². The lowest BCUT2D eigenvalue weighted by Gasteiger charge is -2.39. The van der Waals surface area contributed by atoms with E-state index in [9.17, 15) is 0 Å². The molecule has 2 unspecified atom stereocenters. The molecular weight excluding hydrogens is 280 g/mol. The largest absolute Gasteiger partial charge is 0.367 e. The molecule has 0 radical (unpaired) electrons. The van der Waals surface area contributed by atoms with Crippen LogP contribution in [-0.2, 0) is 6.54 Å². The van der Waals surface area contributed by atoms with E-state index in [0.717, 1.165) is 24.0 Å². The summed E-state index contributed by atoms with van der Waals surface area (Å²) in [6.07, 6.45) is 2.58. The first-order valence-electron chi connectivity index (χ1n) is 8.06. The summed E-state index contributed by atoms with van der Waals surface area (Å²) in [5.74, 6) is 0.750. The van der Waals surface area contributed by atoms with Gasteiger partial charge in [0.05, 0.1) is 10.7 Å². The van der Waals surface area contributed by atoms with Crippen LogP contribution in [-0.4, -0.2) is 18.1 Å². The Hall–Kier alpha value is -0.730. The third-order valence-corrected chi connectivity index (χ3v) is 4.56. The van der Waals surface area contributed by atoms with E-state index in [1.165, 1.54) is 24.1 Å². The minimum Gasteiger partial charge on any atom is -0.367 e. The zero-order valence-corrected chi connectivity index (χ0v) is 14.8. The van der Waals surface area contributed by atoms with Crippen LogP contribution in [0, 0.1) is 5.92 Å². The highest BCUT2D eigenvalue weighted by Crippen LogP contribution is 2.33. The van der Waals surface area contributed by atoms with Crippen molar-refractivity contribution in [3.63, 3.8) is 0 Å². The van der Waals surface area contributed by atoms with Gasteiger partial charge in [0.2, 0.25) is 0 Å². The third-order valence-electron chi connectivity index (χ3n) is 4.26. The summed E-state index contributed by atoms with van der Waals surface area (Å²) in [7, 11) is 0. The SMILES string of the molecule is CC1CCC(C)N(c2ccc(CNC(C)(C)C)cc2Cl)C1. The first kappa shape index (κ1) is 16.6. The van der Waals surface area contributed by atoms with Crippen LogP contribution in [0.3, 0.4) is 0 Å². The molecule has 1 N–H and O–H groups in total. The van der Waals surface area contributed by atoms with E-state index in [4.69, 9.17) is 11.6 Å². The molecule has 0 saturated carbocycles. The summed E-state index contributed by atoms with van der Waals surface area (Å²) in [6, 6.07) is 7.08. The predicted molar refractivity (Wildman–Crippen MR) is 93.3 cm³/mol. The van der Waals surface area contributed by atoms with Crippen molar-refractivity contribution in [3.05, 3.63) is 28.8 Å². The molecule has 2 rings (SSSR count). The summed E-state index contributed by atoms with van der Waals surface area (Å²) < 4.78 is 0. The minimum absolute atomic E-state index is 0.127. The minimum atomic E-state index is 0.127. The highest BCUT2D eigenvalue weighted by molar-refractivity contribution is 6.33. The molecule has 1 fully saturated rings. The van der Waals surface area contributed by atoms with E-state index in [1.807, 2.05) is 0 Å². The van der Waals surface area contributed by atoms with Crippen molar-refractivity contribution in [2.24, 2.45) is 5.92 Å². The topological polar surface area (TPSA) is 15.3 Å². The highest BCUT2D eigenvalue weighted by atomic mass is 35.5. The van der Waals surface area contributed by atoms with Gasteiger partial charge in [0.25, 0.3) is 0 Å². The molecule has 118 valence electrons. The van der Waals surface area contributed by atoms with Crippen molar-refractivity contribution in [2.45, 2.75) is 65.6 Å². The van der Waals surface area contributed by atoms with Crippen LogP contribution in [0.25, 0.3) is 0 Å². The molecule has 2 nitrogen and oxygen atoms in total. The second-order valence-electron chi connectivity index (χ2n) is 7.57. The molecule has 0 spiro atoms. The maximum atomic E-state index is 6.56. The van der Waals surface area contributed by atoms with Crippen molar-refractivity contribution >= 4 is 17.3 Å². The first-order valence-corrected chi connectivity index (χ1v) is 8.44. The fourth-order valence-corrected chi connectivity index (χ4v) is 3.20. The number of nitrogens with zero attached hydrogens (tertiary/aromatic N) is 1. The number of hydrogen-bond donors (Lipinski definition) is 1. The molecular formula is C18H29ClN2. The van der Waals surface area contributed by atoms with Gasteiger partial charge in [-0.1, -0.05) is 24.6 Å². The lowest BCUT2D eigenvalue weighted by atomic mass is 9.94. The molecule has 1 aromatic rings. The molecule has 1 aliphatic rings. The van der Waals surface area contributed by atoms with E-state index in [1.54, 1.807) is 0 Å². The van der Waals surface area contributed by atoms with Gasteiger partial charge >= 0.3 is 0 Å². The van der Waals surface area contributed by atoms with Crippen LogP contribution in [0.2, 0.25) is 5.02 Å². The maximum Gasteiger partial charge on any atom is 0.0642 e. The molecule has 21 heavy (non-hydrogen) atoms. The Bertz CT molecular complexity index is 479. The van der Waals surface area contributed by atoms with E-state index >= 15 is 0 Å². The second-order valence-corrected chi connectivity index (χ2v) is 7.98. The van der Waals surface area contributed by atoms with Gasteiger partial charge in [0.15, 0.2) is 0 Å². The molecule has 0 bridgehead atoms. The molecule has 3 heteroatoms. The number of piperidine rings is 1. The van der Waals surface area contributed by atoms with E-state index < -0.39 is 0 Å². The Morgan fingerprint density at radius 3 is 2.57 bits per heavy atom. The standard InChI is InChI=1S/C18H29ClN2/c1-13-6-7-14(2)21(12-13)17-9-8-15(10-16(17)19)11-20-18(3,4)5/h8-10,13-14,20H,6-7,11-12H2,1-5H3. The van der Waals surface area contributed by atoms with Gasteiger partial charge in [0.1, 0.15) is 0 Å². The molecule has 2 atom stereocenters. The number of rotatable bonds is 3. The fourth-order valence-electron chi connectivity index (χ4n) is 2.88. The second kappa shape index (κ2) is 6.58. The van der Waals surface area contributed by atoms with Gasteiger partial charge in [0, 0.05) is 24.7 Å². The molecule has 1 aromatic carbocycles. The lowest BCUT2D eigenvalue weighted by Crippen LogP contribution is -2.41. The average molecular weight is 309 g/mol. The summed E-state index contributed by atoms with van der Waals surface area (Å²) in [5.41, 5.74) is 2.56. The maximum absolute atomic E-state index is 6.56. The van der Waals surface area contributed by atoms with Gasteiger partial charge < -0.3 is 10.2 Å². The molecule has 0 aromatic heterocycles. The van der Waals surface area contributed by atoms with Crippen molar-refractivity contribution in [3.8, 4) is 0 Å². The van der Waals surface area contributed by atoms with Crippen molar-refractivity contribution in [1.29, 1.82) is 0 Å². The van der Waals surface area contributed by atoms with Crippen molar-refractivity contribution < 1.29 is 0 Å².